The highest BCUT2D eigenvalue weighted by atomic mass is 32.1. The average Bonchev–Trinajstić information content (AvgIpc) is 3.22. The molecule has 2 atom stereocenters. The van der Waals surface area contributed by atoms with Gasteiger partial charge in [-0.2, -0.15) is 4.98 Å². The standard InChI is InChI=1S/C17H16N4O4S/c1-8-7-26-15(18-8)11-2-3-12(22)13-14(11)25-16(19-13)20-5-9-4-10(6-20)21(9)17(23)24/h2-3,7,9-10,22H,4-6H2,1H3,(H,23,24). The van der Waals surface area contributed by atoms with Gasteiger partial charge in [-0.15, -0.1) is 11.3 Å². The highest BCUT2D eigenvalue weighted by Gasteiger charge is 2.48. The maximum atomic E-state index is 11.3. The summed E-state index contributed by atoms with van der Waals surface area (Å²) in [6.45, 7) is 3.02. The number of amides is 1. The Morgan fingerprint density at radius 3 is 2.73 bits per heavy atom. The van der Waals surface area contributed by atoms with Gasteiger partial charge in [-0.3, -0.25) is 4.90 Å². The Labute approximate surface area is 152 Å². The number of hydrogen-bond donors (Lipinski definition) is 2. The fourth-order valence-electron chi connectivity index (χ4n) is 3.84. The molecule has 0 saturated carbocycles. The fourth-order valence-corrected chi connectivity index (χ4v) is 4.66. The van der Waals surface area contributed by atoms with Crippen molar-refractivity contribution in [3.05, 3.63) is 23.2 Å². The van der Waals surface area contributed by atoms with E-state index in [1.807, 2.05) is 17.2 Å². The van der Waals surface area contributed by atoms with Crippen molar-refractivity contribution in [3.63, 3.8) is 0 Å². The van der Waals surface area contributed by atoms with Crippen LogP contribution >= 0.6 is 11.3 Å². The summed E-state index contributed by atoms with van der Waals surface area (Å²) in [7, 11) is 0. The molecular weight excluding hydrogens is 356 g/mol. The van der Waals surface area contributed by atoms with Gasteiger partial charge >= 0.3 is 6.09 Å². The number of piperazine rings is 1. The molecule has 9 heteroatoms. The van der Waals surface area contributed by atoms with Crippen LogP contribution in [-0.4, -0.2) is 56.3 Å². The number of oxazole rings is 1. The first-order valence-electron chi connectivity index (χ1n) is 8.32. The number of phenolic OH excluding ortho intramolecular Hbond substituents is 1. The molecule has 5 heterocycles. The summed E-state index contributed by atoms with van der Waals surface area (Å²) >= 11 is 1.51. The molecule has 134 valence electrons. The number of anilines is 1. The second-order valence-electron chi connectivity index (χ2n) is 6.74. The molecule has 2 aromatic heterocycles. The van der Waals surface area contributed by atoms with Gasteiger partial charge in [-0.25, -0.2) is 9.78 Å². The van der Waals surface area contributed by atoms with E-state index >= 15 is 0 Å². The molecule has 3 aliphatic rings. The van der Waals surface area contributed by atoms with Crippen LogP contribution in [0.2, 0.25) is 0 Å². The Kier molecular flexibility index (Phi) is 3.17. The Hall–Kier alpha value is -2.81. The van der Waals surface area contributed by atoms with Crippen molar-refractivity contribution in [2.24, 2.45) is 0 Å². The Morgan fingerprint density at radius 1 is 1.31 bits per heavy atom. The van der Waals surface area contributed by atoms with E-state index in [0.717, 1.165) is 22.7 Å². The normalized spacial score (nSPS) is 21.9. The van der Waals surface area contributed by atoms with E-state index in [9.17, 15) is 15.0 Å². The van der Waals surface area contributed by atoms with Crippen LogP contribution in [0.1, 0.15) is 12.1 Å². The van der Waals surface area contributed by atoms with E-state index in [1.54, 1.807) is 12.1 Å². The van der Waals surface area contributed by atoms with Crippen molar-refractivity contribution < 1.29 is 19.4 Å². The van der Waals surface area contributed by atoms with Gasteiger partial charge in [-0.05, 0) is 25.5 Å². The lowest BCUT2D eigenvalue weighted by atomic mass is 9.88. The first-order chi connectivity index (χ1) is 12.5. The predicted octanol–water partition coefficient (Wildman–Crippen LogP) is 2.91. The fraction of sp³-hybridized carbons (Fsp3) is 0.353. The molecule has 3 saturated heterocycles. The highest BCUT2D eigenvalue weighted by molar-refractivity contribution is 7.13. The molecule has 2 bridgehead atoms. The summed E-state index contributed by atoms with van der Waals surface area (Å²) in [5.41, 5.74) is 2.63. The monoisotopic (exact) mass is 372 g/mol. The van der Waals surface area contributed by atoms with E-state index in [4.69, 9.17) is 4.42 Å². The molecule has 6 rings (SSSR count). The van der Waals surface area contributed by atoms with Crippen molar-refractivity contribution in [2.75, 3.05) is 18.0 Å². The number of nitrogens with zero attached hydrogens (tertiary/aromatic N) is 4. The number of carbonyl (C=O) groups is 1. The highest BCUT2D eigenvalue weighted by Crippen LogP contribution is 2.40. The van der Waals surface area contributed by atoms with Crippen LogP contribution in [0.3, 0.4) is 0 Å². The minimum absolute atomic E-state index is 0.0315. The summed E-state index contributed by atoms with van der Waals surface area (Å²) in [5, 5.41) is 22.2. The topological polar surface area (TPSA) is 103 Å². The quantitative estimate of drug-likeness (QED) is 0.713. The molecule has 0 aliphatic carbocycles. The SMILES string of the molecule is Cc1csc(-c2ccc(O)c3nc(N4CC5CC(C4)N5C(=O)O)oc23)n1. The van der Waals surface area contributed by atoms with Crippen LogP contribution in [0.4, 0.5) is 10.8 Å². The molecule has 0 spiro atoms. The lowest BCUT2D eigenvalue weighted by Crippen LogP contribution is -2.70. The van der Waals surface area contributed by atoms with Crippen LogP contribution in [0.25, 0.3) is 21.7 Å². The van der Waals surface area contributed by atoms with E-state index < -0.39 is 6.09 Å². The van der Waals surface area contributed by atoms with Gasteiger partial charge < -0.3 is 19.5 Å². The molecule has 3 aromatic rings. The van der Waals surface area contributed by atoms with E-state index in [0.29, 0.717) is 30.2 Å². The number of hydrogen-bond acceptors (Lipinski definition) is 7. The third kappa shape index (κ3) is 2.16. The van der Waals surface area contributed by atoms with E-state index in [1.165, 1.54) is 16.2 Å². The van der Waals surface area contributed by atoms with Crippen molar-refractivity contribution in [3.8, 4) is 16.3 Å². The molecule has 3 fully saturated rings. The summed E-state index contributed by atoms with van der Waals surface area (Å²) in [5.74, 6) is 0.0568. The number of aromatic nitrogens is 2. The number of aryl methyl sites for hydroxylation is 1. The van der Waals surface area contributed by atoms with E-state index in [-0.39, 0.29) is 17.8 Å². The maximum absolute atomic E-state index is 11.3. The molecule has 3 aliphatic heterocycles. The third-order valence-electron chi connectivity index (χ3n) is 5.05. The number of thiazole rings is 1. The zero-order valence-electron chi connectivity index (χ0n) is 13.9. The maximum Gasteiger partial charge on any atom is 0.407 e. The number of fused-ring (bicyclic) bond motifs is 3. The van der Waals surface area contributed by atoms with Crippen molar-refractivity contribution >= 4 is 34.5 Å². The number of phenols is 1. The van der Waals surface area contributed by atoms with Crippen LogP contribution in [-0.2, 0) is 0 Å². The number of carboxylic acid groups (broad SMARTS) is 1. The second-order valence-corrected chi connectivity index (χ2v) is 7.60. The summed E-state index contributed by atoms with van der Waals surface area (Å²) in [6, 6.07) is 3.73. The zero-order chi connectivity index (χ0) is 18.0. The Morgan fingerprint density at radius 2 is 2.08 bits per heavy atom. The summed E-state index contributed by atoms with van der Waals surface area (Å²) < 4.78 is 6.00. The van der Waals surface area contributed by atoms with Gasteiger partial charge in [0.15, 0.2) is 11.1 Å². The first kappa shape index (κ1) is 15.4. The van der Waals surface area contributed by atoms with Crippen LogP contribution in [0, 0.1) is 6.92 Å². The number of rotatable bonds is 2. The molecule has 1 aromatic carbocycles. The first-order valence-corrected chi connectivity index (χ1v) is 9.20. The van der Waals surface area contributed by atoms with Gasteiger partial charge in [-0.1, -0.05) is 0 Å². The minimum Gasteiger partial charge on any atom is -0.506 e. The van der Waals surface area contributed by atoms with Crippen LogP contribution in [0.5, 0.6) is 5.75 Å². The van der Waals surface area contributed by atoms with Crippen molar-refractivity contribution in [2.45, 2.75) is 25.4 Å². The second kappa shape index (κ2) is 5.34. The molecular formula is C17H16N4O4S. The average molecular weight is 372 g/mol. The van der Waals surface area contributed by atoms with Crippen LogP contribution < -0.4 is 4.90 Å². The van der Waals surface area contributed by atoms with E-state index in [2.05, 4.69) is 9.97 Å². The smallest absolute Gasteiger partial charge is 0.407 e. The lowest BCUT2D eigenvalue weighted by molar-refractivity contribution is 0.0101. The molecule has 2 unspecified atom stereocenters. The molecule has 1 amide bonds. The Bertz CT molecular complexity index is 1020. The largest absolute Gasteiger partial charge is 0.506 e. The third-order valence-corrected chi connectivity index (χ3v) is 6.04. The molecule has 8 nitrogen and oxygen atoms in total. The van der Waals surface area contributed by atoms with Gasteiger partial charge in [0.1, 0.15) is 10.8 Å². The number of piperidine rings is 1. The van der Waals surface area contributed by atoms with Crippen LogP contribution in [0.15, 0.2) is 21.9 Å². The zero-order valence-corrected chi connectivity index (χ0v) is 14.7. The lowest BCUT2D eigenvalue weighted by Gasteiger charge is -2.54. The minimum atomic E-state index is -0.873. The van der Waals surface area contributed by atoms with Crippen molar-refractivity contribution in [1.82, 2.24) is 14.9 Å². The molecule has 2 N–H and O–H groups in total. The van der Waals surface area contributed by atoms with Gasteiger partial charge in [0.2, 0.25) is 0 Å². The van der Waals surface area contributed by atoms with Gasteiger partial charge in [0, 0.05) is 24.2 Å². The number of aromatic hydroxyl groups is 1. The van der Waals surface area contributed by atoms with Gasteiger partial charge in [0.05, 0.1) is 17.6 Å². The van der Waals surface area contributed by atoms with Gasteiger partial charge in [0.25, 0.3) is 6.01 Å². The molecule has 0 radical (unpaired) electrons. The predicted molar refractivity (Wildman–Crippen MR) is 95.8 cm³/mol. The summed E-state index contributed by atoms with van der Waals surface area (Å²) in [4.78, 5) is 23.7. The Balaban J connectivity index is 1.53. The molecule has 26 heavy (non-hydrogen) atoms. The van der Waals surface area contributed by atoms with Crippen molar-refractivity contribution in [1.29, 1.82) is 0 Å². The summed E-state index contributed by atoms with van der Waals surface area (Å²) in [6.07, 6.45) is 0.000285. The number of benzene rings is 1.